The number of piperidine rings is 1. The number of benzene rings is 3. The zero-order valence-electron chi connectivity index (χ0n) is 21.0. The Hall–Kier alpha value is -3.76. The largest absolute Gasteiger partial charge is 0.496 e. The van der Waals surface area contributed by atoms with E-state index < -0.39 is 15.9 Å². The molecule has 1 aliphatic rings. The number of nitrogens with zero attached hydrogens (tertiary/aromatic N) is 1. The molecule has 3 aromatic rings. The maximum Gasteiger partial charge on any atom is 0.254 e. The predicted molar refractivity (Wildman–Crippen MR) is 139 cm³/mol. The van der Waals surface area contributed by atoms with Crippen molar-refractivity contribution < 1.29 is 32.2 Å². The Bertz CT molecular complexity index is 1370. The van der Waals surface area contributed by atoms with Gasteiger partial charge in [0.1, 0.15) is 23.2 Å². The first kappa shape index (κ1) is 26.3. The van der Waals surface area contributed by atoms with Gasteiger partial charge in [0.25, 0.3) is 5.91 Å². The van der Waals surface area contributed by atoms with Gasteiger partial charge in [-0.3, -0.25) is 4.79 Å². The van der Waals surface area contributed by atoms with Crippen molar-refractivity contribution in [3.05, 3.63) is 66.2 Å². The number of carbonyl (C=O) groups is 1. The monoisotopic (exact) mass is 526 g/mol. The van der Waals surface area contributed by atoms with Crippen LogP contribution < -0.4 is 24.7 Å². The van der Waals surface area contributed by atoms with Gasteiger partial charge in [-0.15, -0.1) is 0 Å². The molecule has 9 nitrogen and oxygen atoms in total. The van der Waals surface area contributed by atoms with Gasteiger partial charge in [-0.2, -0.15) is 4.31 Å². The molecule has 3 aromatic carbocycles. The molecule has 2 N–H and O–H groups in total. The molecule has 1 saturated heterocycles. The number of carbonyl (C=O) groups excluding carboxylic acids is 1. The third-order valence-corrected chi connectivity index (χ3v) is 8.29. The molecule has 4 rings (SSSR count). The number of rotatable bonds is 9. The third kappa shape index (κ3) is 5.35. The fourth-order valence-electron chi connectivity index (χ4n) is 4.48. The molecule has 1 amide bonds. The number of hydrogen-bond donors (Lipinski definition) is 1. The van der Waals surface area contributed by atoms with E-state index in [1.165, 1.54) is 30.7 Å². The minimum absolute atomic E-state index is 0.00846. The van der Waals surface area contributed by atoms with Gasteiger partial charge in [0.2, 0.25) is 10.0 Å². The van der Waals surface area contributed by atoms with E-state index in [2.05, 4.69) is 0 Å². The van der Waals surface area contributed by atoms with Crippen LogP contribution in [0.15, 0.2) is 65.6 Å². The number of amides is 1. The number of para-hydroxylation sites is 1. The maximum absolute atomic E-state index is 13.4. The van der Waals surface area contributed by atoms with E-state index in [9.17, 15) is 13.2 Å². The van der Waals surface area contributed by atoms with Crippen molar-refractivity contribution in [2.24, 2.45) is 5.73 Å². The smallest absolute Gasteiger partial charge is 0.254 e. The second-order valence-corrected chi connectivity index (χ2v) is 10.4. The number of primary amides is 1. The van der Waals surface area contributed by atoms with Crippen LogP contribution in [0, 0.1) is 0 Å². The van der Waals surface area contributed by atoms with E-state index in [4.69, 9.17) is 24.7 Å². The van der Waals surface area contributed by atoms with Crippen molar-refractivity contribution in [2.75, 3.05) is 34.4 Å². The molecule has 196 valence electrons. The first-order valence-corrected chi connectivity index (χ1v) is 13.2. The van der Waals surface area contributed by atoms with Crippen molar-refractivity contribution in [1.29, 1.82) is 0 Å². The molecular weight excluding hydrogens is 496 g/mol. The Morgan fingerprint density at radius 3 is 2.11 bits per heavy atom. The highest BCUT2D eigenvalue weighted by atomic mass is 32.2. The number of sulfonamides is 1. The molecule has 37 heavy (non-hydrogen) atoms. The summed E-state index contributed by atoms with van der Waals surface area (Å²) < 4.78 is 50.2. The van der Waals surface area contributed by atoms with Crippen LogP contribution in [-0.4, -0.2) is 59.2 Å². The molecule has 0 radical (unpaired) electrons. The first-order chi connectivity index (χ1) is 17.8. The summed E-state index contributed by atoms with van der Waals surface area (Å²) in [4.78, 5) is 12.0. The SMILES string of the molecule is COc1ccccc1-c1ccc(OC2CCN(S(=O)(=O)c3ccc(OC)c(OC)c3C(N)=O)CC2)cc1. The molecule has 0 spiro atoms. The molecule has 10 heteroatoms. The van der Waals surface area contributed by atoms with Crippen molar-refractivity contribution in [3.63, 3.8) is 0 Å². The molecule has 0 bridgehead atoms. The first-order valence-electron chi connectivity index (χ1n) is 11.7. The van der Waals surface area contributed by atoms with Gasteiger partial charge >= 0.3 is 0 Å². The summed E-state index contributed by atoms with van der Waals surface area (Å²) >= 11 is 0. The summed E-state index contributed by atoms with van der Waals surface area (Å²) in [6.07, 6.45) is 0.837. The highest BCUT2D eigenvalue weighted by molar-refractivity contribution is 7.89. The maximum atomic E-state index is 13.4. The van der Waals surface area contributed by atoms with E-state index in [0.717, 1.165) is 16.9 Å². The normalized spacial score (nSPS) is 14.7. The molecule has 0 unspecified atom stereocenters. The predicted octanol–water partition coefficient (Wildman–Crippen LogP) is 3.71. The van der Waals surface area contributed by atoms with E-state index in [1.807, 2.05) is 48.5 Å². The molecule has 0 saturated carbocycles. The number of ether oxygens (including phenoxy) is 4. The minimum Gasteiger partial charge on any atom is -0.496 e. The molecule has 1 fully saturated rings. The van der Waals surface area contributed by atoms with Crippen LogP contribution in [0.4, 0.5) is 0 Å². The fourth-order valence-corrected chi connectivity index (χ4v) is 6.14. The van der Waals surface area contributed by atoms with E-state index in [0.29, 0.717) is 18.6 Å². The van der Waals surface area contributed by atoms with Crippen LogP contribution >= 0.6 is 0 Å². The van der Waals surface area contributed by atoms with E-state index in [-0.39, 0.29) is 41.2 Å². The average Bonchev–Trinajstić information content (AvgIpc) is 2.92. The summed E-state index contributed by atoms with van der Waals surface area (Å²) in [5.74, 6) is 0.795. The van der Waals surface area contributed by atoms with Crippen molar-refractivity contribution >= 4 is 15.9 Å². The van der Waals surface area contributed by atoms with E-state index in [1.54, 1.807) is 7.11 Å². The lowest BCUT2D eigenvalue weighted by Gasteiger charge is -2.32. The van der Waals surface area contributed by atoms with Gasteiger partial charge in [-0.05, 0) is 48.7 Å². The van der Waals surface area contributed by atoms with Gasteiger partial charge in [0.05, 0.1) is 26.2 Å². The Balaban J connectivity index is 1.45. The fraction of sp³-hybridized carbons (Fsp3) is 0.296. The highest BCUT2D eigenvalue weighted by Crippen LogP contribution is 2.37. The third-order valence-electron chi connectivity index (χ3n) is 6.35. The molecule has 1 heterocycles. The van der Waals surface area contributed by atoms with Gasteiger partial charge in [-0.1, -0.05) is 30.3 Å². The van der Waals surface area contributed by atoms with Crippen molar-refractivity contribution in [3.8, 4) is 34.1 Å². The molecule has 0 aliphatic carbocycles. The Labute approximate surface area is 216 Å². The van der Waals surface area contributed by atoms with Crippen LogP contribution in [0.25, 0.3) is 11.1 Å². The van der Waals surface area contributed by atoms with Gasteiger partial charge in [-0.25, -0.2) is 8.42 Å². The van der Waals surface area contributed by atoms with Crippen LogP contribution in [0.3, 0.4) is 0 Å². The molecular formula is C27H30N2O7S. The average molecular weight is 527 g/mol. The van der Waals surface area contributed by atoms with Crippen LogP contribution in [0.2, 0.25) is 0 Å². The number of methoxy groups -OCH3 is 3. The highest BCUT2D eigenvalue weighted by Gasteiger charge is 2.35. The zero-order chi connectivity index (χ0) is 26.6. The van der Waals surface area contributed by atoms with Crippen LogP contribution in [0.5, 0.6) is 23.0 Å². The summed E-state index contributed by atoms with van der Waals surface area (Å²) in [5.41, 5.74) is 7.29. The summed E-state index contributed by atoms with van der Waals surface area (Å²) in [7, 11) is 0.359. The second-order valence-electron chi connectivity index (χ2n) is 8.48. The molecule has 0 aromatic heterocycles. The molecule has 0 atom stereocenters. The topological polar surface area (TPSA) is 117 Å². The second kappa shape index (κ2) is 11.1. The van der Waals surface area contributed by atoms with Gasteiger partial charge < -0.3 is 24.7 Å². The quantitative estimate of drug-likeness (QED) is 0.452. The van der Waals surface area contributed by atoms with Gasteiger partial charge in [0, 0.05) is 18.7 Å². The lowest BCUT2D eigenvalue weighted by molar-refractivity contribution is 0.0992. The summed E-state index contributed by atoms with van der Waals surface area (Å²) in [6.45, 7) is 0.470. The summed E-state index contributed by atoms with van der Waals surface area (Å²) in [5, 5.41) is 0. The van der Waals surface area contributed by atoms with Crippen LogP contribution in [-0.2, 0) is 10.0 Å². The zero-order valence-corrected chi connectivity index (χ0v) is 21.8. The Kier molecular flexibility index (Phi) is 7.89. The van der Waals surface area contributed by atoms with E-state index >= 15 is 0 Å². The van der Waals surface area contributed by atoms with Gasteiger partial charge in [0.15, 0.2) is 11.5 Å². The standard InChI is InChI=1S/C27H30N2O7S/c1-33-22-7-5-4-6-21(22)18-8-10-19(11-9-18)36-20-14-16-29(17-15-20)37(31,32)24-13-12-23(34-2)26(35-3)25(24)27(28)30/h4-13,20H,14-17H2,1-3H3,(H2,28,30). The summed E-state index contributed by atoms with van der Waals surface area (Å²) in [6, 6.07) is 18.3. The Morgan fingerprint density at radius 1 is 0.865 bits per heavy atom. The Morgan fingerprint density at radius 2 is 1.51 bits per heavy atom. The lowest BCUT2D eigenvalue weighted by Crippen LogP contribution is -2.42. The van der Waals surface area contributed by atoms with Crippen LogP contribution in [0.1, 0.15) is 23.2 Å². The van der Waals surface area contributed by atoms with Crippen molar-refractivity contribution in [1.82, 2.24) is 4.31 Å². The number of hydrogen-bond acceptors (Lipinski definition) is 7. The minimum atomic E-state index is -4.00. The van der Waals surface area contributed by atoms with Crippen molar-refractivity contribution in [2.45, 2.75) is 23.8 Å². The molecule has 1 aliphatic heterocycles. The number of nitrogens with two attached hydrogens (primary N) is 1. The lowest BCUT2D eigenvalue weighted by atomic mass is 10.0.